The summed E-state index contributed by atoms with van der Waals surface area (Å²) in [5.74, 6) is -1.09. The van der Waals surface area contributed by atoms with Crippen molar-refractivity contribution in [3.8, 4) is 0 Å². The average Bonchev–Trinajstić information content (AvgIpc) is 3.15. The zero-order chi connectivity index (χ0) is 20.4. The number of rotatable bonds is 5. The first-order chi connectivity index (χ1) is 13.9. The van der Waals surface area contributed by atoms with Crippen molar-refractivity contribution >= 4 is 37.4 Å². The quantitative estimate of drug-likeness (QED) is 0.566. The van der Waals surface area contributed by atoms with Gasteiger partial charge in [0.1, 0.15) is 12.4 Å². The van der Waals surface area contributed by atoms with Crippen LogP contribution in [0.5, 0.6) is 0 Å². The van der Waals surface area contributed by atoms with Gasteiger partial charge in [0.05, 0.1) is 10.8 Å². The molecule has 0 radical (unpaired) electrons. The summed E-state index contributed by atoms with van der Waals surface area (Å²) in [5.41, 5.74) is 0.982. The molecule has 0 atom stereocenters. The minimum absolute atomic E-state index is 0.0595. The van der Waals surface area contributed by atoms with Gasteiger partial charge in [-0.3, -0.25) is 4.79 Å². The van der Waals surface area contributed by atoms with Crippen LogP contribution in [-0.2, 0) is 26.2 Å². The van der Waals surface area contributed by atoms with Crippen molar-refractivity contribution in [2.45, 2.75) is 24.3 Å². The van der Waals surface area contributed by atoms with Crippen LogP contribution in [0.3, 0.4) is 0 Å². The Kier molecular flexibility index (Phi) is 5.67. The van der Waals surface area contributed by atoms with Crippen molar-refractivity contribution in [2.24, 2.45) is 5.92 Å². The molecule has 0 amide bonds. The third-order valence-electron chi connectivity index (χ3n) is 5.17. The van der Waals surface area contributed by atoms with E-state index in [0.29, 0.717) is 12.8 Å². The van der Waals surface area contributed by atoms with Gasteiger partial charge in [-0.1, -0.05) is 18.2 Å². The summed E-state index contributed by atoms with van der Waals surface area (Å²) >= 11 is 1.61. The van der Waals surface area contributed by atoms with Crippen LogP contribution in [-0.4, -0.2) is 31.8 Å². The molecule has 1 aliphatic rings. The molecular formula is C21H20FNO4S2. The van der Waals surface area contributed by atoms with Gasteiger partial charge >= 0.3 is 5.97 Å². The van der Waals surface area contributed by atoms with Crippen molar-refractivity contribution in [3.63, 3.8) is 0 Å². The van der Waals surface area contributed by atoms with Crippen LogP contribution in [0.4, 0.5) is 4.39 Å². The maximum Gasteiger partial charge on any atom is 0.309 e. The van der Waals surface area contributed by atoms with E-state index in [1.165, 1.54) is 16.4 Å². The van der Waals surface area contributed by atoms with E-state index in [-0.39, 0.29) is 36.5 Å². The molecule has 8 heteroatoms. The van der Waals surface area contributed by atoms with E-state index in [1.807, 2.05) is 29.6 Å². The molecule has 2 heterocycles. The predicted octanol–water partition coefficient (Wildman–Crippen LogP) is 4.18. The number of halogens is 1. The molecule has 1 aromatic heterocycles. The fraction of sp³-hybridized carbons (Fsp3) is 0.286. The van der Waals surface area contributed by atoms with E-state index in [4.69, 9.17) is 4.74 Å². The summed E-state index contributed by atoms with van der Waals surface area (Å²) in [6, 6.07) is 12.7. The molecule has 0 saturated carbocycles. The minimum Gasteiger partial charge on any atom is -0.461 e. The third-order valence-corrected chi connectivity index (χ3v) is 8.09. The largest absolute Gasteiger partial charge is 0.461 e. The van der Waals surface area contributed by atoms with E-state index in [0.717, 1.165) is 27.8 Å². The Bertz CT molecular complexity index is 1120. The van der Waals surface area contributed by atoms with Crippen molar-refractivity contribution in [2.75, 3.05) is 13.1 Å². The number of carbonyl (C=O) groups is 1. The van der Waals surface area contributed by atoms with Crippen LogP contribution in [0.25, 0.3) is 10.1 Å². The highest BCUT2D eigenvalue weighted by Gasteiger charge is 2.32. The molecule has 5 nitrogen and oxygen atoms in total. The van der Waals surface area contributed by atoms with Crippen LogP contribution in [0.1, 0.15) is 18.4 Å². The van der Waals surface area contributed by atoms with Crippen LogP contribution in [0.2, 0.25) is 0 Å². The summed E-state index contributed by atoms with van der Waals surface area (Å²) in [6.07, 6.45) is 0.813. The summed E-state index contributed by atoms with van der Waals surface area (Å²) in [6.45, 7) is 0.693. The fourth-order valence-corrected chi connectivity index (χ4v) is 5.92. The van der Waals surface area contributed by atoms with Gasteiger partial charge in [-0.25, -0.2) is 12.8 Å². The van der Waals surface area contributed by atoms with Gasteiger partial charge in [0.2, 0.25) is 10.0 Å². The van der Waals surface area contributed by atoms with E-state index in [1.54, 1.807) is 11.3 Å². The molecule has 0 bridgehead atoms. The lowest BCUT2D eigenvalue weighted by atomic mass is 9.98. The molecule has 0 spiro atoms. The number of hydrogen-bond acceptors (Lipinski definition) is 5. The number of fused-ring (bicyclic) bond motifs is 1. The minimum atomic E-state index is -3.68. The van der Waals surface area contributed by atoms with E-state index >= 15 is 0 Å². The third kappa shape index (κ3) is 4.19. The van der Waals surface area contributed by atoms with Crippen LogP contribution in [0, 0.1) is 11.7 Å². The molecule has 29 heavy (non-hydrogen) atoms. The first-order valence-corrected chi connectivity index (χ1v) is 11.6. The highest BCUT2D eigenvalue weighted by atomic mass is 32.2. The highest BCUT2D eigenvalue weighted by molar-refractivity contribution is 7.89. The lowest BCUT2D eigenvalue weighted by molar-refractivity contribution is -0.151. The molecule has 2 aromatic carbocycles. The number of piperidine rings is 1. The molecular weight excluding hydrogens is 413 g/mol. The average molecular weight is 434 g/mol. The second-order valence-corrected chi connectivity index (χ2v) is 9.85. The molecule has 1 aliphatic heterocycles. The first-order valence-electron chi connectivity index (χ1n) is 9.32. The molecule has 152 valence electrons. The fourth-order valence-electron chi connectivity index (χ4n) is 3.50. The zero-order valence-electron chi connectivity index (χ0n) is 15.6. The normalized spacial score (nSPS) is 16.2. The lowest BCUT2D eigenvalue weighted by Gasteiger charge is -2.30. The Morgan fingerprint density at radius 1 is 1.10 bits per heavy atom. The van der Waals surface area contributed by atoms with Crippen LogP contribution in [0.15, 0.2) is 58.8 Å². The summed E-state index contributed by atoms with van der Waals surface area (Å²) < 4.78 is 46.4. The molecule has 3 aromatic rings. The number of nitrogens with zero attached hydrogens (tertiary/aromatic N) is 1. The maximum atomic E-state index is 13.1. The Hall–Kier alpha value is -2.29. The zero-order valence-corrected chi connectivity index (χ0v) is 17.2. The number of ether oxygens (including phenoxy) is 1. The predicted molar refractivity (Wildman–Crippen MR) is 110 cm³/mol. The second-order valence-electron chi connectivity index (χ2n) is 7.00. The number of esters is 1. The van der Waals surface area contributed by atoms with Gasteiger partial charge in [0, 0.05) is 23.4 Å². The first kappa shape index (κ1) is 20.0. The van der Waals surface area contributed by atoms with Gasteiger partial charge in [-0.15, -0.1) is 11.3 Å². The molecule has 0 aliphatic carbocycles. The van der Waals surface area contributed by atoms with Crippen LogP contribution < -0.4 is 0 Å². The molecule has 4 rings (SSSR count). The van der Waals surface area contributed by atoms with Gasteiger partial charge in [-0.2, -0.15) is 4.31 Å². The molecule has 0 unspecified atom stereocenters. The van der Waals surface area contributed by atoms with E-state index < -0.39 is 15.8 Å². The number of thiophene rings is 1. The van der Waals surface area contributed by atoms with Gasteiger partial charge < -0.3 is 4.74 Å². The van der Waals surface area contributed by atoms with E-state index in [2.05, 4.69) is 0 Å². The topological polar surface area (TPSA) is 63.7 Å². The van der Waals surface area contributed by atoms with Crippen molar-refractivity contribution in [1.29, 1.82) is 0 Å². The maximum absolute atomic E-state index is 13.1. The second kappa shape index (κ2) is 8.22. The van der Waals surface area contributed by atoms with Crippen molar-refractivity contribution in [1.82, 2.24) is 4.31 Å². The van der Waals surface area contributed by atoms with Gasteiger partial charge in [-0.05, 0) is 53.9 Å². The Morgan fingerprint density at radius 2 is 1.79 bits per heavy atom. The molecule has 0 N–H and O–H groups in total. The van der Waals surface area contributed by atoms with Crippen LogP contribution >= 0.6 is 11.3 Å². The van der Waals surface area contributed by atoms with Crippen molar-refractivity contribution in [3.05, 3.63) is 65.3 Å². The summed E-state index contributed by atoms with van der Waals surface area (Å²) in [7, 11) is -3.68. The number of sulfonamides is 1. The Labute approximate surface area is 172 Å². The number of benzene rings is 2. The lowest BCUT2D eigenvalue weighted by Crippen LogP contribution is -2.40. The van der Waals surface area contributed by atoms with E-state index in [9.17, 15) is 17.6 Å². The van der Waals surface area contributed by atoms with Gasteiger partial charge in [0.15, 0.2) is 0 Å². The van der Waals surface area contributed by atoms with Crippen molar-refractivity contribution < 1.29 is 22.3 Å². The molecule has 1 saturated heterocycles. The molecule has 1 fully saturated rings. The van der Waals surface area contributed by atoms with Gasteiger partial charge in [0.25, 0.3) is 0 Å². The number of hydrogen-bond donors (Lipinski definition) is 0. The SMILES string of the molecule is O=C(OCc1csc2ccccc12)C1CCN(S(=O)(=O)c2ccc(F)cc2)CC1. The Balaban J connectivity index is 1.34. The summed E-state index contributed by atoms with van der Waals surface area (Å²) in [5, 5.41) is 3.08. The summed E-state index contributed by atoms with van der Waals surface area (Å²) in [4.78, 5) is 12.5. The standard InChI is InChI=1S/C21H20FNO4S2/c22-17-5-7-18(8-6-17)29(25,26)23-11-9-15(10-12-23)21(24)27-13-16-14-28-20-4-2-1-3-19(16)20/h1-8,14-15H,9-13H2. The highest BCUT2D eigenvalue weighted by Crippen LogP contribution is 2.28. The monoisotopic (exact) mass is 433 g/mol. The smallest absolute Gasteiger partial charge is 0.309 e. The number of carbonyl (C=O) groups excluding carboxylic acids is 1. The Morgan fingerprint density at radius 3 is 2.52 bits per heavy atom.